The normalized spacial score (nSPS) is 14.8. The van der Waals surface area contributed by atoms with E-state index in [9.17, 15) is 28.2 Å². The molecule has 1 aromatic rings. The Morgan fingerprint density at radius 1 is 1.47 bits per heavy atom. The Labute approximate surface area is 105 Å². The number of aliphatic hydroxyl groups excluding tert-OH is 2. The van der Waals surface area contributed by atoms with Crippen LogP contribution in [0, 0.1) is 0 Å². The van der Waals surface area contributed by atoms with Gasteiger partial charge in [-0.25, -0.2) is 4.98 Å². The highest BCUT2D eigenvalue weighted by molar-refractivity contribution is 5.79. The van der Waals surface area contributed by atoms with Gasteiger partial charge in [-0.2, -0.15) is 13.2 Å². The van der Waals surface area contributed by atoms with Gasteiger partial charge in [0.25, 0.3) is 0 Å². The van der Waals surface area contributed by atoms with Gasteiger partial charge in [0.1, 0.15) is 6.10 Å². The quantitative estimate of drug-likeness (QED) is 0.719. The Kier molecular flexibility index (Phi) is 4.32. The van der Waals surface area contributed by atoms with Gasteiger partial charge < -0.3 is 20.7 Å². The van der Waals surface area contributed by atoms with Crippen molar-refractivity contribution < 1.29 is 32.9 Å². The number of aromatic nitrogens is 1. The molecule has 0 aliphatic heterocycles. The largest absolute Gasteiger partial charge is 0.481 e. The molecular weight excluding hydrogens is 269 g/mol. The number of carbonyl (C=O) groups excluding carboxylic acids is 1. The van der Waals surface area contributed by atoms with E-state index < -0.39 is 35.4 Å². The number of hydrogen-bond acceptors (Lipinski definition) is 5. The predicted octanol–water partition coefficient (Wildman–Crippen LogP) is -0.0114. The summed E-state index contributed by atoms with van der Waals surface area (Å²) in [7, 11) is 1.11. The fourth-order valence-corrected chi connectivity index (χ4v) is 1.33. The number of hydrogen-bond donors (Lipinski definition) is 3. The maximum atomic E-state index is 12.5. The molecule has 0 aliphatic carbocycles. The number of ether oxygens (including phenoxy) is 1. The van der Waals surface area contributed by atoms with E-state index in [0.29, 0.717) is 12.3 Å². The first kappa shape index (κ1) is 15.2. The molecule has 9 heteroatoms. The van der Waals surface area contributed by atoms with Crippen LogP contribution in [0.4, 0.5) is 13.2 Å². The number of nitrogens with zero attached hydrogens (tertiary/aromatic N) is 1. The van der Waals surface area contributed by atoms with E-state index in [1.54, 1.807) is 0 Å². The summed E-state index contributed by atoms with van der Waals surface area (Å²) in [6.07, 6.45) is -8.22. The van der Waals surface area contributed by atoms with Gasteiger partial charge in [0.2, 0.25) is 11.8 Å². The van der Waals surface area contributed by atoms with Gasteiger partial charge in [-0.1, -0.05) is 0 Å². The number of halogens is 3. The average Bonchev–Trinajstić information content (AvgIpc) is 2.34. The summed E-state index contributed by atoms with van der Waals surface area (Å²) in [4.78, 5) is 14.1. The summed E-state index contributed by atoms with van der Waals surface area (Å²) < 4.78 is 42.2. The zero-order valence-electron chi connectivity index (χ0n) is 9.68. The first-order chi connectivity index (χ1) is 8.68. The van der Waals surface area contributed by atoms with Gasteiger partial charge in [0, 0.05) is 11.8 Å². The first-order valence-electron chi connectivity index (χ1n) is 4.95. The summed E-state index contributed by atoms with van der Waals surface area (Å²) in [5, 5.41) is 18.9. The monoisotopic (exact) mass is 280 g/mol. The minimum Gasteiger partial charge on any atom is -0.481 e. The molecule has 1 heterocycles. The van der Waals surface area contributed by atoms with Gasteiger partial charge in [-0.05, 0) is 6.07 Å². The van der Waals surface area contributed by atoms with Crippen LogP contribution < -0.4 is 10.5 Å². The lowest BCUT2D eigenvalue weighted by atomic mass is 10.0. The number of pyridine rings is 1. The highest BCUT2D eigenvalue weighted by Gasteiger charge is 2.34. The molecule has 0 saturated carbocycles. The molecule has 0 spiro atoms. The lowest BCUT2D eigenvalue weighted by Gasteiger charge is -2.18. The van der Waals surface area contributed by atoms with Crippen molar-refractivity contribution in [2.75, 3.05) is 7.11 Å². The van der Waals surface area contributed by atoms with Crippen LogP contribution in [0.2, 0.25) is 0 Å². The van der Waals surface area contributed by atoms with E-state index in [0.717, 1.165) is 7.11 Å². The molecular formula is C10H11F3N2O4. The Morgan fingerprint density at radius 2 is 2.05 bits per heavy atom. The number of methoxy groups -OCH3 is 1. The van der Waals surface area contributed by atoms with Crippen LogP contribution in [0.1, 0.15) is 17.2 Å². The molecule has 106 valence electrons. The van der Waals surface area contributed by atoms with Gasteiger partial charge in [-0.15, -0.1) is 0 Å². The number of aliphatic hydroxyl groups is 2. The second kappa shape index (κ2) is 5.41. The van der Waals surface area contributed by atoms with E-state index in [4.69, 9.17) is 5.73 Å². The molecule has 0 radical (unpaired) electrons. The van der Waals surface area contributed by atoms with E-state index in [2.05, 4.69) is 9.72 Å². The molecule has 2 unspecified atom stereocenters. The molecule has 0 bridgehead atoms. The topological polar surface area (TPSA) is 106 Å². The smallest absolute Gasteiger partial charge is 0.417 e. The second-order valence-corrected chi connectivity index (χ2v) is 3.61. The van der Waals surface area contributed by atoms with Crippen molar-refractivity contribution in [3.63, 3.8) is 0 Å². The Bertz CT molecular complexity index is 478. The van der Waals surface area contributed by atoms with E-state index in [1.165, 1.54) is 0 Å². The number of nitrogens with two attached hydrogens (primary N) is 1. The molecule has 0 fully saturated rings. The van der Waals surface area contributed by atoms with Crippen LogP contribution in [0.3, 0.4) is 0 Å². The summed E-state index contributed by atoms with van der Waals surface area (Å²) >= 11 is 0. The molecule has 1 rings (SSSR count). The Morgan fingerprint density at radius 3 is 2.47 bits per heavy atom. The van der Waals surface area contributed by atoms with Crippen LogP contribution in [0.15, 0.2) is 12.3 Å². The van der Waals surface area contributed by atoms with E-state index in [-0.39, 0.29) is 5.88 Å². The maximum absolute atomic E-state index is 12.5. The fourth-order valence-electron chi connectivity index (χ4n) is 1.33. The molecule has 2 atom stereocenters. The SMILES string of the molecule is COc1ncc(C(F)(F)F)cc1C(O)C(O)C(N)=O. The fraction of sp³-hybridized carbons (Fsp3) is 0.400. The van der Waals surface area contributed by atoms with Gasteiger partial charge in [0.05, 0.1) is 12.7 Å². The highest BCUT2D eigenvalue weighted by Crippen LogP contribution is 2.34. The molecule has 6 nitrogen and oxygen atoms in total. The van der Waals surface area contributed by atoms with Crippen LogP contribution in [0.25, 0.3) is 0 Å². The number of carbonyl (C=O) groups is 1. The lowest BCUT2D eigenvalue weighted by Crippen LogP contribution is -2.34. The minimum absolute atomic E-state index is 0.346. The number of rotatable bonds is 4. The van der Waals surface area contributed by atoms with Gasteiger partial charge >= 0.3 is 6.18 Å². The van der Waals surface area contributed by atoms with E-state index in [1.807, 2.05) is 0 Å². The molecule has 0 saturated heterocycles. The summed E-state index contributed by atoms with van der Waals surface area (Å²) in [5.74, 6) is -1.63. The first-order valence-corrected chi connectivity index (χ1v) is 4.95. The third kappa shape index (κ3) is 3.32. The van der Waals surface area contributed by atoms with E-state index >= 15 is 0 Å². The molecule has 0 aliphatic rings. The van der Waals surface area contributed by atoms with Crippen molar-refractivity contribution in [1.82, 2.24) is 4.98 Å². The van der Waals surface area contributed by atoms with Crippen LogP contribution in [0.5, 0.6) is 5.88 Å². The number of alkyl halides is 3. The van der Waals surface area contributed by atoms with Crippen LogP contribution in [-0.4, -0.2) is 34.3 Å². The zero-order valence-corrected chi connectivity index (χ0v) is 9.68. The van der Waals surface area contributed by atoms with Crippen molar-refractivity contribution in [1.29, 1.82) is 0 Å². The third-order valence-electron chi connectivity index (χ3n) is 2.31. The third-order valence-corrected chi connectivity index (χ3v) is 2.31. The number of primary amides is 1. The predicted molar refractivity (Wildman–Crippen MR) is 56.0 cm³/mol. The maximum Gasteiger partial charge on any atom is 0.417 e. The van der Waals surface area contributed by atoms with Crippen LogP contribution in [-0.2, 0) is 11.0 Å². The molecule has 0 aromatic carbocycles. The van der Waals surface area contributed by atoms with Crippen molar-refractivity contribution in [3.8, 4) is 5.88 Å². The Hall–Kier alpha value is -1.87. The molecule has 1 amide bonds. The summed E-state index contributed by atoms with van der Waals surface area (Å²) in [5.41, 5.74) is 3.12. The highest BCUT2D eigenvalue weighted by atomic mass is 19.4. The molecule has 4 N–H and O–H groups in total. The second-order valence-electron chi connectivity index (χ2n) is 3.61. The van der Waals surface area contributed by atoms with Gasteiger partial charge in [0.15, 0.2) is 6.10 Å². The standard InChI is InChI=1S/C10H11F3N2O4/c1-19-9-5(6(16)7(17)8(14)18)2-4(3-15-9)10(11,12)13/h2-3,6-7,16-17H,1H3,(H2,14,18). The van der Waals surface area contributed by atoms with Crippen LogP contribution >= 0.6 is 0 Å². The zero-order chi connectivity index (χ0) is 14.8. The minimum atomic E-state index is -4.69. The van der Waals surface area contributed by atoms with Crippen molar-refractivity contribution in [2.45, 2.75) is 18.4 Å². The summed E-state index contributed by atoms with van der Waals surface area (Å²) in [6, 6.07) is 0.530. The van der Waals surface area contributed by atoms with Crippen molar-refractivity contribution in [3.05, 3.63) is 23.4 Å². The van der Waals surface area contributed by atoms with Crippen molar-refractivity contribution in [2.24, 2.45) is 5.73 Å². The lowest BCUT2D eigenvalue weighted by molar-refractivity contribution is -0.138. The van der Waals surface area contributed by atoms with Crippen molar-refractivity contribution >= 4 is 5.91 Å². The van der Waals surface area contributed by atoms with Gasteiger partial charge in [-0.3, -0.25) is 4.79 Å². The molecule has 1 aromatic heterocycles. The number of amides is 1. The summed E-state index contributed by atoms with van der Waals surface area (Å²) in [6.45, 7) is 0. The Balaban J connectivity index is 3.27. The average molecular weight is 280 g/mol. The molecule has 19 heavy (non-hydrogen) atoms.